The maximum Gasteiger partial charge on any atom is 0.344 e. The van der Waals surface area contributed by atoms with Crippen LogP contribution in [0, 0.1) is 0 Å². The van der Waals surface area contributed by atoms with E-state index in [2.05, 4.69) is 25.3 Å². The van der Waals surface area contributed by atoms with Gasteiger partial charge in [0.15, 0.2) is 0 Å². The maximum absolute atomic E-state index is 12.4. The number of benzene rings is 1. The summed E-state index contributed by atoms with van der Waals surface area (Å²) in [5.41, 5.74) is 4.76. The molecule has 1 atom stereocenters. The molecule has 3 aromatic rings. The molecule has 0 bridgehead atoms. The smallest absolute Gasteiger partial charge is 0.344 e. The third kappa shape index (κ3) is 3.73. The van der Waals surface area contributed by atoms with Crippen molar-refractivity contribution in [3.05, 3.63) is 93.4 Å². The summed E-state index contributed by atoms with van der Waals surface area (Å²) in [7, 11) is 0. The lowest BCUT2D eigenvalue weighted by atomic mass is 10.0. The lowest BCUT2D eigenvalue weighted by Gasteiger charge is -2.14. The lowest BCUT2D eigenvalue weighted by molar-refractivity contribution is -0.121. The number of nitrogens with one attached hydrogen (secondary N) is 2. The fourth-order valence-electron chi connectivity index (χ4n) is 3.24. The quantitative estimate of drug-likeness (QED) is 0.714. The molecular formula is C21H19N5O2. The summed E-state index contributed by atoms with van der Waals surface area (Å²) in [6.45, 7) is 2.48. The largest absolute Gasteiger partial charge is 0.349 e. The van der Waals surface area contributed by atoms with Crippen LogP contribution in [0.25, 0.3) is 0 Å². The molecule has 0 saturated carbocycles. The van der Waals surface area contributed by atoms with Crippen molar-refractivity contribution in [2.75, 3.05) is 0 Å². The first-order chi connectivity index (χ1) is 13.6. The van der Waals surface area contributed by atoms with Crippen LogP contribution in [0.4, 0.5) is 0 Å². The van der Waals surface area contributed by atoms with Gasteiger partial charge in [0.05, 0.1) is 30.4 Å². The van der Waals surface area contributed by atoms with Crippen LogP contribution in [0.15, 0.2) is 64.8 Å². The predicted octanol–water partition coefficient (Wildman–Crippen LogP) is 1.94. The maximum atomic E-state index is 12.4. The summed E-state index contributed by atoms with van der Waals surface area (Å²) in [4.78, 5) is 38.8. The van der Waals surface area contributed by atoms with Gasteiger partial charge < -0.3 is 10.3 Å². The molecule has 1 amide bonds. The Hall–Kier alpha value is -3.61. The number of carbonyl (C=O) groups excluding carboxylic acids is 1. The number of nitrogens with zero attached hydrogens (tertiary/aromatic N) is 3. The molecule has 0 fully saturated rings. The highest BCUT2D eigenvalue weighted by Gasteiger charge is 2.20. The van der Waals surface area contributed by atoms with Crippen molar-refractivity contribution in [3.63, 3.8) is 0 Å². The third-order valence-corrected chi connectivity index (χ3v) is 4.67. The molecule has 4 rings (SSSR count). The molecule has 0 aliphatic carbocycles. The number of pyridine rings is 1. The summed E-state index contributed by atoms with van der Waals surface area (Å²) in [6.07, 6.45) is 5.03. The zero-order chi connectivity index (χ0) is 19.5. The monoisotopic (exact) mass is 373 g/mol. The highest BCUT2D eigenvalue weighted by atomic mass is 16.1. The second-order valence-corrected chi connectivity index (χ2v) is 6.68. The van der Waals surface area contributed by atoms with Crippen LogP contribution in [-0.2, 0) is 17.8 Å². The van der Waals surface area contributed by atoms with E-state index < -0.39 is 5.69 Å². The number of hydrogen-bond acceptors (Lipinski definition) is 5. The van der Waals surface area contributed by atoms with E-state index in [-0.39, 0.29) is 18.4 Å². The molecule has 7 nitrogen and oxygen atoms in total. The van der Waals surface area contributed by atoms with Gasteiger partial charge in [-0.15, -0.1) is 0 Å². The Bertz CT molecular complexity index is 1080. The Kier molecular flexibility index (Phi) is 4.80. The number of aliphatic imine (C=N–C) groups is 1. The van der Waals surface area contributed by atoms with Crippen molar-refractivity contribution in [3.8, 4) is 0 Å². The van der Waals surface area contributed by atoms with Gasteiger partial charge in [-0.2, -0.15) is 0 Å². The number of aromatic amines is 1. The van der Waals surface area contributed by atoms with E-state index in [1.807, 2.05) is 43.3 Å². The molecule has 2 aromatic heterocycles. The zero-order valence-corrected chi connectivity index (χ0v) is 15.3. The van der Waals surface area contributed by atoms with Gasteiger partial charge in [0.1, 0.15) is 0 Å². The van der Waals surface area contributed by atoms with Crippen molar-refractivity contribution in [2.45, 2.75) is 25.9 Å². The number of carbonyl (C=O) groups is 1. The summed E-state index contributed by atoms with van der Waals surface area (Å²) in [5.74, 6) is -0.0761. The Labute approximate surface area is 161 Å². The van der Waals surface area contributed by atoms with E-state index in [9.17, 15) is 9.59 Å². The number of aromatic nitrogens is 3. The SMILES string of the molecule is C[C@@H](NC(=O)Cc1cc2c(cn1)C(c1cnc(=O)[nH]c1)=NC2)c1ccccc1. The topological polar surface area (TPSA) is 100 Å². The van der Waals surface area contributed by atoms with Crippen LogP contribution in [0.3, 0.4) is 0 Å². The van der Waals surface area contributed by atoms with Crippen LogP contribution in [0.2, 0.25) is 0 Å². The van der Waals surface area contributed by atoms with Crippen molar-refractivity contribution in [1.29, 1.82) is 0 Å². The van der Waals surface area contributed by atoms with E-state index in [0.29, 0.717) is 12.2 Å². The van der Waals surface area contributed by atoms with Crippen LogP contribution in [0.5, 0.6) is 0 Å². The molecule has 28 heavy (non-hydrogen) atoms. The van der Waals surface area contributed by atoms with Crippen LogP contribution < -0.4 is 11.0 Å². The van der Waals surface area contributed by atoms with Gasteiger partial charge in [-0.3, -0.25) is 14.8 Å². The first kappa shape index (κ1) is 17.8. The van der Waals surface area contributed by atoms with E-state index in [4.69, 9.17) is 0 Å². The zero-order valence-electron chi connectivity index (χ0n) is 15.3. The average Bonchev–Trinajstić information content (AvgIpc) is 3.12. The molecular weight excluding hydrogens is 354 g/mol. The normalized spacial score (nSPS) is 13.5. The van der Waals surface area contributed by atoms with Crippen molar-refractivity contribution >= 4 is 11.6 Å². The van der Waals surface area contributed by atoms with E-state index in [0.717, 1.165) is 28.0 Å². The minimum atomic E-state index is -0.396. The Balaban J connectivity index is 1.45. The van der Waals surface area contributed by atoms with Gasteiger partial charge in [-0.1, -0.05) is 30.3 Å². The number of amides is 1. The highest BCUT2D eigenvalue weighted by molar-refractivity contribution is 6.14. The van der Waals surface area contributed by atoms with Crippen molar-refractivity contribution in [1.82, 2.24) is 20.3 Å². The number of fused-ring (bicyclic) bond motifs is 1. The van der Waals surface area contributed by atoms with E-state index in [1.54, 1.807) is 12.4 Å². The van der Waals surface area contributed by atoms with Crippen molar-refractivity contribution < 1.29 is 4.79 Å². The van der Waals surface area contributed by atoms with Gasteiger partial charge in [-0.25, -0.2) is 9.78 Å². The Morgan fingerprint density at radius 3 is 2.79 bits per heavy atom. The predicted molar refractivity (Wildman–Crippen MR) is 105 cm³/mol. The van der Waals surface area contributed by atoms with E-state index >= 15 is 0 Å². The molecule has 1 aliphatic heterocycles. The van der Waals surface area contributed by atoms with Gasteiger partial charge >= 0.3 is 5.69 Å². The molecule has 1 aromatic carbocycles. The Morgan fingerprint density at radius 2 is 2.04 bits per heavy atom. The molecule has 0 saturated heterocycles. The molecule has 0 spiro atoms. The van der Waals surface area contributed by atoms with Crippen LogP contribution in [-0.4, -0.2) is 26.6 Å². The Morgan fingerprint density at radius 1 is 1.21 bits per heavy atom. The second-order valence-electron chi connectivity index (χ2n) is 6.68. The first-order valence-corrected chi connectivity index (χ1v) is 9.02. The van der Waals surface area contributed by atoms with Crippen LogP contribution in [0.1, 0.15) is 40.9 Å². The second kappa shape index (κ2) is 7.56. The van der Waals surface area contributed by atoms with Gasteiger partial charge in [0, 0.05) is 29.7 Å². The minimum Gasteiger partial charge on any atom is -0.349 e. The van der Waals surface area contributed by atoms with E-state index in [1.165, 1.54) is 6.20 Å². The number of H-pyrrole nitrogens is 1. The van der Waals surface area contributed by atoms with Crippen LogP contribution >= 0.6 is 0 Å². The molecule has 0 unspecified atom stereocenters. The average molecular weight is 373 g/mol. The summed E-state index contributed by atoms with van der Waals surface area (Å²) < 4.78 is 0. The molecule has 2 N–H and O–H groups in total. The van der Waals surface area contributed by atoms with Gasteiger partial charge in [-0.05, 0) is 24.1 Å². The molecule has 1 aliphatic rings. The summed E-state index contributed by atoms with van der Waals surface area (Å²) >= 11 is 0. The molecule has 0 radical (unpaired) electrons. The minimum absolute atomic E-state index is 0.0641. The third-order valence-electron chi connectivity index (χ3n) is 4.67. The molecule has 3 heterocycles. The fraction of sp³-hybridized carbons (Fsp3) is 0.190. The number of rotatable bonds is 5. The van der Waals surface area contributed by atoms with Gasteiger partial charge in [0.25, 0.3) is 0 Å². The lowest BCUT2D eigenvalue weighted by Crippen LogP contribution is -2.28. The number of hydrogen-bond donors (Lipinski definition) is 2. The van der Waals surface area contributed by atoms with Crippen molar-refractivity contribution in [2.24, 2.45) is 4.99 Å². The fourth-order valence-corrected chi connectivity index (χ4v) is 3.24. The highest BCUT2D eigenvalue weighted by Crippen LogP contribution is 2.22. The summed E-state index contributed by atoms with van der Waals surface area (Å²) in [5, 5.41) is 3.00. The molecule has 7 heteroatoms. The summed E-state index contributed by atoms with van der Waals surface area (Å²) in [6, 6.07) is 11.7. The first-order valence-electron chi connectivity index (χ1n) is 9.02. The standard InChI is InChI=1S/C21H19N5O2/c1-13(14-5-3-2-4-6-14)26-19(27)8-17-7-15-9-23-20(18(15)12-22-17)16-10-24-21(28)25-11-16/h2-7,10-13H,8-9H2,1H3,(H,26,27)(H,24,25,28)/t13-/m1/s1. The van der Waals surface area contributed by atoms with Gasteiger partial charge in [0.2, 0.25) is 5.91 Å². The molecule has 140 valence electrons.